The van der Waals surface area contributed by atoms with E-state index in [9.17, 15) is 24.0 Å². The Hall–Kier alpha value is -4.02. The number of benzene rings is 1. The Kier molecular flexibility index (Phi) is 6.68. The number of esters is 1. The zero-order chi connectivity index (χ0) is 25.3. The predicted molar refractivity (Wildman–Crippen MR) is 126 cm³/mol. The topological polar surface area (TPSA) is 136 Å². The second-order valence-electron chi connectivity index (χ2n) is 8.48. The highest BCUT2D eigenvalue weighted by atomic mass is 16.5. The first-order valence-electron chi connectivity index (χ1n) is 11.6. The number of carbonyl (C=O) groups is 3. The molecule has 184 valence electrons. The minimum atomic E-state index is -0.704. The third-order valence-corrected chi connectivity index (χ3v) is 6.12. The number of hydrogen-bond acceptors (Lipinski definition) is 7. The molecule has 1 N–H and O–H groups in total. The second-order valence-corrected chi connectivity index (χ2v) is 8.48. The number of nitrogens with zero attached hydrogens (tertiary/aromatic N) is 4. The van der Waals surface area contributed by atoms with E-state index in [1.54, 1.807) is 7.05 Å². The van der Waals surface area contributed by atoms with Crippen LogP contribution in [0, 0.1) is 0 Å². The zero-order valence-electron chi connectivity index (χ0n) is 19.9. The highest BCUT2D eigenvalue weighted by Gasteiger charge is 2.35. The molecule has 0 radical (unpaired) electrons. The van der Waals surface area contributed by atoms with Gasteiger partial charge in [0.2, 0.25) is 0 Å². The van der Waals surface area contributed by atoms with Crippen molar-refractivity contribution < 1.29 is 19.1 Å². The van der Waals surface area contributed by atoms with Crippen molar-refractivity contribution in [2.75, 3.05) is 6.54 Å². The van der Waals surface area contributed by atoms with E-state index in [2.05, 4.69) is 9.97 Å². The van der Waals surface area contributed by atoms with Crippen LogP contribution >= 0.6 is 0 Å². The van der Waals surface area contributed by atoms with Gasteiger partial charge in [0.1, 0.15) is 12.4 Å². The lowest BCUT2D eigenvalue weighted by Gasteiger charge is -2.12. The van der Waals surface area contributed by atoms with Gasteiger partial charge in [-0.1, -0.05) is 26.7 Å². The molecule has 0 fully saturated rings. The van der Waals surface area contributed by atoms with Crippen molar-refractivity contribution in [1.29, 1.82) is 0 Å². The van der Waals surface area contributed by atoms with Crippen LogP contribution in [0.25, 0.3) is 11.2 Å². The molecule has 0 bridgehead atoms. The molecule has 11 nitrogen and oxygen atoms in total. The van der Waals surface area contributed by atoms with Crippen molar-refractivity contribution in [3.63, 3.8) is 0 Å². The predicted octanol–water partition coefficient (Wildman–Crippen LogP) is 1.98. The molecule has 2 aromatic heterocycles. The number of aromatic amines is 1. The van der Waals surface area contributed by atoms with Crippen LogP contribution < -0.4 is 11.2 Å². The van der Waals surface area contributed by atoms with Crippen LogP contribution in [0.3, 0.4) is 0 Å². The summed E-state index contributed by atoms with van der Waals surface area (Å²) in [6.45, 7) is 4.44. The molecule has 4 rings (SSSR count). The number of aromatic nitrogens is 4. The smallest absolute Gasteiger partial charge is 0.338 e. The number of hydrogen-bond donors (Lipinski definition) is 1. The lowest BCUT2D eigenvalue weighted by atomic mass is 10.1. The Balaban J connectivity index is 1.56. The summed E-state index contributed by atoms with van der Waals surface area (Å²) in [4.78, 5) is 70.4. The fraction of sp³-hybridized carbons (Fsp3) is 0.417. The number of rotatable bonds is 9. The Morgan fingerprint density at radius 3 is 2.40 bits per heavy atom. The molecule has 0 atom stereocenters. The first kappa shape index (κ1) is 24.1. The monoisotopic (exact) mass is 481 g/mol. The highest BCUT2D eigenvalue weighted by Crippen LogP contribution is 2.25. The van der Waals surface area contributed by atoms with Gasteiger partial charge in [-0.2, -0.15) is 0 Å². The number of carbonyl (C=O) groups excluding carboxylic acids is 3. The Labute approximate surface area is 200 Å². The summed E-state index contributed by atoms with van der Waals surface area (Å²) >= 11 is 0. The molecule has 0 saturated heterocycles. The van der Waals surface area contributed by atoms with Gasteiger partial charge in [0, 0.05) is 20.1 Å². The molecular weight excluding hydrogens is 454 g/mol. The summed E-state index contributed by atoms with van der Waals surface area (Å²) in [5, 5.41) is 0. The van der Waals surface area contributed by atoms with Gasteiger partial charge in [-0.25, -0.2) is 14.6 Å². The summed E-state index contributed by atoms with van der Waals surface area (Å²) in [6, 6.07) is 4.27. The fourth-order valence-corrected chi connectivity index (χ4v) is 4.09. The van der Waals surface area contributed by atoms with Crippen LogP contribution in [0.5, 0.6) is 0 Å². The van der Waals surface area contributed by atoms with Crippen molar-refractivity contribution in [2.24, 2.45) is 7.05 Å². The number of imide groups is 1. The molecule has 3 heterocycles. The maximum absolute atomic E-state index is 12.7. The average molecular weight is 482 g/mol. The van der Waals surface area contributed by atoms with Crippen LogP contribution in [0.1, 0.15) is 76.4 Å². The van der Waals surface area contributed by atoms with Crippen LogP contribution in [0.2, 0.25) is 0 Å². The van der Waals surface area contributed by atoms with E-state index in [4.69, 9.17) is 4.74 Å². The number of H-pyrrole nitrogens is 1. The van der Waals surface area contributed by atoms with Gasteiger partial charge < -0.3 is 9.30 Å². The molecule has 1 aliphatic rings. The van der Waals surface area contributed by atoms with Crippen LogP contribution in [-0.4, -0.2) is 48.3 Å². The standard InChI is InChI=1S/C24H27N5O6/c1-4-6-10-28-19-18(20(30)26-24(28)34)27(3)17(25-19)13-35-23(33)14-8-9-15-16(12-14)22(32)29(21(15)31)11-7-5-2/h8-9,12H,4-7,10-11,13H2,1-3H3,(H,26,30,34). The van der Waals surface area contributed by atoms with E-state index in [1.807, 2.05) is 13.8 Å². The van der Waals surface area contributed by atoms with Crippen molar-refractivity contribution in [3.8, 4) is 0 Å². The third kappa shape index (κ3) is 4.29. The summed E-state index contributed by atoms with van der Waals surface area (Å²) < 4.78 is 8.29. The second kappa shape index (κ2) is 9.69. The summed E-state index contributed by atoms with van der Waals surface area (Å²) in [6.07, 6.45) is 3.13. The van der Waals surface area contributed by atoms with E-state index in [0.29, 0.717) is 19.5 Å². The molecule has 1 aromatic carbocycles. The van der Waals surface area contributed by atoms with E-state index in [-0.39, 0.29) is 46.2 Å². The van der Waals surface area contributed by atoms with E-state index in [0.717, 1.165) is 19.3 Å². The highest BCUT2D eigenvalue weighted by molar-refractivity contribution is 6.21. The number of aryl methyl sites for hydroxylation is 2. The maximum atomic E-state index is 12.7. The van der Waals surface area contributed by atoms with Gasteiger partial charge in [-0.3, -0.25) is 28.8 Å². The molecule has 0 saturated carbocycles. The quantitative estimate of drug-likeness (QED) is 0.364. The Bertz CT molecular complexity index is 1450. The summed E-state index contributed by atoms with van der Waals surface area (Å²) in [7, 11) is 1.60. The molecule has 35 heavy (non-hydrogen) atoms. The molecule has 0 aliphatic carbocycles. The van der Waals surface area contributed by atoms with Gasteiger partial charge in [0.05, 0.1) is 16.7 Å². The van der Waals surface area contributed by atoms with Crippen LogP contribution in [0.15, 0.2) is 27.8 Å². The lowest BCUT2D eigenvalue weighted by molar-refractivity contribution is 0.0459. The number of unbranched alkanes of at least 4 members (excludes halogenated alkanes) is 2. The van der Waals surface area contributed by atoms with E-state index >= 15 is 0 Å². The summed E-state index contributed by atoms with van der Waals surface area (Å²) in [5.41, 5.74) is -0.103. The molecule has 3 aromatic rings. The number of ether oxygens (including phenoxy) is 1. The van der Waals surface area contributed by atoms with Crippen molar-refractivity contribution in [1.82, 2.24) is 24.0 Å². The first-order valence-corrected chi connectivity index (χ1v) is 11.6. The van der Waals surface area contributed by atoms with Gasteiger partial charge in [-0.15, -0.1) is 0 Å². The largest absolute Gasteiger partial charge is 0.454 e. The van der Waals surface area contributed by atoms with Crippen molar-refractivity contribution in [2.45, 2.75) is 52.7 Å². The Morgan fingerprint density at radius 2 is 1.69 bits per heavy atom. The average Bonchev–Trinajstić information content (AvgIpc) is 3.29. The number of nitrogens with one attached hydrogen (secondary N) is 1. The molecule has 0 unspecified atom stereocenters. The van der Waals surface area contributed by atoms with Crippen LogP contribution in [0.4, 0.5) is 0 Å². The van der Waals surface area contributed by atoms with Crippen molar-refractivity contribution in [3.05, 3.63) is 61.6 Å². The zero-order valence-corrected chi connectivity index (χ0v) is 19.9. The molecular formula is C24H27N5O6. The first-order chi connectivity index (χ1) is 16.8. The van der Waals surface area contributed by atoms with Gasteiger partial charge in [0.15, 0.2) is 11.2 Å². The van der Waals surface area contributed by atoms with Crippen LogP contribution in [-0.2, 0) is 24.9 Å². The molecule has 1 aliphatic heterocycles. The van der Waals surface area contributed by atoms with Gasteiger partial charge >= 0.3 is 11.7 Å². The minimum absolute atomic E-state index is 0.124. The molecule has 11 heteroatoms. The normalized spacial score (nSPS) is 13.1. The van der Waals surface area contributed by atoms with E-state index in [1.165, 1.54) is 32.2 Å². The van der Waals surface area contributed by atoms with Crippen molar-refractivity contribution >= 4 is 28.9 Å². The molecule has 2 amide bonds. The maximum Gasteiger partial charge on any atom is 0.338 e. The molecule has 0 spiro atoms. The number of imidazole rings is 1. The number of fused-ring (bicyclic) bond motifs is 2. The van der Waals surface area contributed by atoms with E-state index < -0.39 is 23.1 Å². The SMILES string of the molecule is CCCCN1C(=O)c2ccc(C(=O)OCc3nc4c(c(=O)[nH]c(=O)n4CCCC)n3C)cc2C1=O. The Morgan fingerprint density at radius 1 is 1.00 bits per heavy atom. The lowest BCUT2D eigenvalue weighted by Crippen LogP contribution is -2.31. The fourth-order valence-electron chi connectivity index (χ4n) is 4.09. The van der Waals surface area contributed by atoms with Gasteiger partial charge in [0.25, 0.3) is 17.4 Å². The van der Waals surface area contributed by atoms with Gasteiger partial charge in [-0.05, 0) is 31.0 Å². The third-order valence-electron chi connectivity index (χ3n) is 6.12. The minimum Gasteiger partial charge on any atom is -0.454 e. The number of amides is 2. The summed E-state index contributed by atoms with van der Waals surface area (Å²) in [5.74, 6) is -1.21.